The Kier molecular flexibility index (Phi) is 8.75. The maximum atomic E-state index is 12.2. The molecule has 2 rings (SSSR count). The van der Waals surface area contributed by atoms with E-state index in [4.69, 9.17) is 4.74 Å². The van der Waals surface area contributed by atoms with Crippen molar-refractivity contribution in [3.63, 3.8) is 0 Å². The van der Waals surface area contributed by atoms with Crippen LogP contribution in [0.1, 0.15) is 38.7 Å². The monoisotopic (exact) mass is 375 g/mol. The van der Waals surface area contributed by atoms with Gasteiger partial charge in [0.1, 0.15) is 0 Å². The van der Waals surface area contributed by atoms with Gasteiger partial charge in [0.25, 0.3) is 0 Å². The van der Waals surface area contributed by atoms with Crippen LogP contribution in [0.5, 0.6) is 0 Å². The van der Waals surface area contributed by atoms with Crippen LogP contribution < -0.4 is 10.6 Å². The first-order valence-electron chi connectivity index (χ1n) is 9.92. The fraction of sp³-hybridized carbons (Fsp3) is 0.619. The SMILES string of the molecule is Cc1cccc(NC(=O)CN2CCC(C(=O)NCCCOC(C)C)CC2)c1. The highest BCUT2D eigenvalue weighted by Crippen LogP contribution is 2.17. The van der Waals surface area contributed by atoms with Crippen molar-refractivity contribution in [3.05, 3.63) is 29.8 Å². The summed E-state index contributed by atoms with van der Waals surface area (Å²) in [6.07, 6.45) is 2.66. The average Bonchev–Trinajstić information content (AvgIpc) is 2.61. The third kappa shape index (κ3) is 8.10. The molecule has 27 heavy (non-hydrogen) atoms. The van der Waals surface area contributed by atoms with Gasteiger partial charge in [0, 0.05) is 24.8 Å². The summed E-state index contributed by atoms with van der Waals surface area (Å²) in [6, 6.07) is 7.79. The quantitative estimate of drug-likeness (QED) is 0.651. The van der Waals surface area contributed by atoms with Crippen molar-refractivity contribution in [2.45, 2.75) is 46.1 Å². The normalized spacial score (nSPS) is 15.7. The number of carbonyl (C=O) groups excluding carboxylic acids is 2. The zero-order valence-electron chi connectivity index (χ0n) is 16.8. The first-order chi connectivity index (χ1) is 12.9. The Balaban J connectivity index is 1.63. The number of rotatable bonds is 9. The van der Waals surface area contributed by atoms with Crippen LogP contribution >= 0.6 is 0 Å². The lowest BCUT2D eigenvalue weighted by Crippen LogP contribution is -2.43. The van der Waals surface area contributed by atoms with Gasteiger partial charge in [0.05, 0.1) is 12.6 Å². The maximum Gasteiger partial charge on any atom is 0.238 e. The van der Waals surface area contributed by atoms with E-state index in [-0.39, 0.29) is 23.8 Å². The molecule has 1 aliphatic heterocycles. The molecule has 2 N–H and O–H groups in total. The predicted octanol–water partition coefficient (Wildman–Crippen LogP) is 2.58. The summed E-state index contributed by atoms with van der Waals surface area (Å²) in [6.45, 7) is 9.27. The van der Waals surface area contributed by atoms with Crippen molar-refractivity contribution >= 4 is 17.5 Å². The first-order valence-corrected chi connectivity index (χ1v) is 9.92. The van der Waals surface area contributed by atoms with Gasteiger partial charge in [-0.05, 0) is 70.8 Å². The summed E-state index contributed by atoms with van der Waals surface area (Å²) >= 11 is 0. The highest BCUT2D eigenvalue weighted by molar-refractivity contribution is 5.92. The highest BCUT2D eigenvalue weighted by Gasteiger charge is 2.25. The summed E-state index contributed by atoms with van der Waals surface area (Å²) in [4.78, 5) is 26.6. The van der Waals surface area contributed by atoms with E-state index in [9.17, 15) is 9.59 Å². The molecule has 0 spiro atoms. The number of anilines is 1. The van der Waals surface area contributed by atoms with Crippen molar-refractivity contribution in [2.24, 2.45) is 5.92 Å². The number of hydrogen-bond acceptors (Lipinski definition) is 4. The van der Waals surface area contributed by atoms with E-state index in [0.29, 0.717) is 19.7 Å². The molecule has 150 valence electrons. The molecule has 1 saturated heterocycles. The summed E-state index contributed by atoms with van der Waals surface area (Å²) in [5, 5.41) is 5.94. The largest absolute Gasteiger partial charge is 0.379 e. The molecule has 0 atom stereocenters. The maximum absolute atomic E-state index is 12.2. The van der Waals surface area contributed by atoms with E-state index in [1.54, 1.807) is 0 Å². The highest BCUT2D eigenvalue weighted by atomic mass is 16.5. The fourth-order valence-corrected chi connectivity index (χ4v) is 3.23. The Bertz CT molecular complexity index is 610. The van der Waals surface area contributed by atoms with Crippen LogP contribution in [0, 0.1) is 12.8 Å². The Morgan fingerprint density at radius 3 is 2.67 bits per heavy atom. The van der Waals surface area contributed by atoms with Crippen LogP contribution in [-0.4, -0.2) is 55.6 Å². The van der Waals surface area contributed by atoms with E-state index in [2.05, 4.69) is 15.5 Å². The molecular formula is C21H33N3O3. The third-order valence-electron chi connectivity index (χ3n) is 4.70. The lowest BCUT2D eigenvalue weighted by atomic mass is 9.96. The van der Waals surface area contributed by atoms with E-state index < -0.39 is 0 Å². The van der Waals surface area contributed by atoms with Crippen molar-refractivity contribution < 1.29 is 14.3 Å². The van der Waals surface area contributed by atoms with Crippen molar-refractivity contribution in [1.82, 2.24) is 10.2 Å². The fourth-order valence-electron chi connectivity index (χ4n) is 3.23. The van der Waals surface area contributed by atoms with Gasteiger partial charge in [-0.15, -0.1) is 0 Å². The smallest absolute Gasteiger partial charge is 0.238 e. The van der Waals surface area contributed by atoms with Gasteiger partial charge in [-0.25, -0.2) is 0 Å². The number of amides is 2. The van der Waals surface area contributed by atoms with Gasteiger partial charge in [0.15, 0.2) is 0 Å². The van der Waals surface area contributed by atoms with Gasteiger partial charge in [-0.1, -0.05) is 12.1 Å². The third-order valence-corrected chi connectivity index (χ3v) is 4.70. The summed E-state index contributed by atoms with van der Waals surface area (Å²) < 4.78 is 5.47. The number of hydrogen-bond donors (Lipinski definition) is 2. The minimum atomic E-state index is -0.00588. The second-order valence-corrected chi connectivity index (χ2v) is 7.53. The van der Waals surface area contributed by atoms with Crippen LogP contribution in [0.4, 0.5) is 5.69 Å². The number of benzene rings is 1. The molecule has 0 aliphatic carbocycles. The zero-order valence-corrected chi connectivity index (χ0v) is 16.8. The molecule has 0 saturated carbocycles. The number of likely N-dealkylation sites (tertiary alicyclic amines) is 1. The average molecular weight is 376 g/mol. The number of nitrogens with one attached hydrogen (secondary N) is 2. The van der Waals surface area contributed by atoms with Gasteiger partial charge >= 0.3 is 0 Å². The van der Waals surface area contributed by atoms with Gasteiger partial charge in [0.2, 0.25) is 11.8 Å². The van der Waals surface area contributed by atoms with E-state index in [1.807, 2.05) is 45.0 Å². The van der Waals surface area contributed by atoms with Crippen LogP contribution in [0.3, 0.4) is 0 Å². The van der Waals surface area contributed by atoms with Crippen LogP contribution in [-0.2, 0) is 14.3 Å². The summed E-state index contributed by atoms with van der Waals surface area (Å²) in [5.41, 5.74) is 1.95. The lowest BCUT2D eigenvalue weighted by molar-refractivity contribution is -0.126. The molecule has 1 fully saturated rings. The van der Waals surface area contributed by atoms with Crippen LogP contribution in [0.2, 0.25) is 0 Å². The molecule has 1 aromatic carbocycles. The van der Waals surface area contributed by atoms with Crippen molar-refractivity contribution in [1.29, 1.82) is 0 Å². The van der Waals surface area contributed by atoms with Gasteiger partial charge < -0.3 is 15.4 Å². The Hall–Kier alpha value is -1.92. The van der Waals surface area contributed by atoms with Crippen LogP contribution in [0.25, 0.3) is 0 Å². The number of piperidine rings is 1. The summed E-state index contributed by atoms with van der Waals surface area (Å²) in [5.74, 6) is 0.171. The van der Waals surface area contributed by atoms with E-state index >= 15 is 0 Å². The molecule has 0 bridgehead atoms. The molecular weight excluding hydrogens is 342 g/mol. The minimum Gasteiger partial charge on any atom is -0.379 e. The van der Waals surface area contributed by atoms with Crippen molar-refractivity contribution in [3.8, 4) is 0 Å². The van der Waals surface area contributed by atoms with Gasteiger partial charge in [-0.3, -0.25) is 14.5 Å². The zero-order chi connectivity index (χ0) is 19.6. The molecule has 1 heterocycles. The number of carbonyl (C=O) groups is 2. The molecule has 0 radical (unpaired) electrons. The molecule has 2 amide bonds. The number of ether oxygens (including phenoxy) is 1. The molecule has 6 heteroatoms. The second kappa shape index (κ2) is 11.0. The van der Waals surface area contributed by atoms with Crippen LogP contribution in [0.15, 0.2) is 24.3 Å². The number of aryl methyl sites for hydroxylation is 1. The molecule has 6 nitrogen and oxygen atoms in total. The van der Waals surface area contributed by atoms with E-state index in [1.165, 1.54) is 0 Å². The van der Waals surface area contributed by atoms with Crippen molar-refractivity contribution in [2.75, 3.05) is 38.1 Å². The molecule has 0 aromatic heterocycles. The standard InChI is InChI=1S/C21H33N3O3/c1-16(2)27-13-5-10-22-21(26)18-8-11-24(12-9-18)15-20(25)23-19-7-4-6-17(3)14-19/h4,6-7,14,16,18H,5,8-13,15H2,1-3H3,(H,22,26)(H,23,25). The first kappa shape index (κ1) is 21.4. The van der Waals surface area contributed by atoms with E-state index in [0.717, 1.165) is 43.6 Å². The molecule has 1 aromatic rings. The predicted molar refractivity (Wildman–Crippen MR) is 108 cm³/mol. The minimum absolute atomic E-state index is 0.00588. The lowest BCUT2D eigenvalue weighted by Gasteiger charge is -2.30. The Labute approximate surface area is 162 Å². The summed E-state index contributed by atoms with van der Waals surface area (Å²) in [7, 11) is 0. The second-order valence-electron chi connectivity index (χ2n) is 7.53. The Morgan fingerprint density at radius 2 is 2.00 bits per heavy atom. The topological polar surface area (TPSA) is 70.7 Å². The Morgan fingerprint density at radius 1 is 1.26 bits per heavy atom. The molecule has 0 unspecified atom stereocenters. The van der Waals surface area contributed by atoms with Gasteiger partial charge in [-0.2, -0.15) is 0 Å². The molecule has 1 aliphatic rings. The number of nitrogens with zero attached hydrogens (tertiary/aromatic N) is 1.